The number of carbonyl (C=O) groups excluding carboxylic acids is 2. The lowest BCUT2D eigenvalue weighted by atomic mass is 9.89. The van der Waals surface area contributed by atoms with Crippen molar-refractivity contribution in [3.63, 3.8) is 0 Å². The van der Waals surface area contributed by atoms with Gasteiger partial charge >= 0.3 is 0 Å². The number of fused-ring (bicyclic) bond motifs is 1. The van der Waals surface area contributed by atoms with Crippen molar-refractivity contribution < 1.29 is 18.7 Å². The van der Waals surface area contributed by atoms with Crippen LogP contribution in [0.4, 0.5) is 4.39 Å². The smallest absolute Gasteiger partial charge is 0.240 e. The van der Waals surface area contributed by atoms with Gasteiger partial charge in [-0.15, -0.1) is 0 Å². The van der Waals surface area contributed by atoms with E-state index < -0.39 is 18.0 Å². The maximum absolute atomic E-state index is 13.3. The third-order valence-corrected chi connectivity index (χ3v) is 7.30. The summed E-state index contributed by atoms with van der Waals surface area (Å²) in [7, 11) is 1.59. The van der Waals surface area contributed by atoms with Crippen molar-refractivity contribution in [2.45, 2.75) is 37.4 Å². The molecule has 3 aromatic carbocycles. The van der Waals surface area contributed by atoms with Gasteiger partial charge in [-0.1, -0.05) is 61.5 Å². The van der Waals surface area contributed by atoms with Crippen LogP contribution in [0.5, 0.6) is 0 Å². The van der Waals surface area contributed by atoms with Gasteiger partial charge in [0.15, 0.2) is 0 Å². The second kappa shape index (κ2) is 11.8. The highest BCUT2D eigenvalue weighted by molar-refractivity contribution is 5.85. The molecule has 4 unspecified atom stereocenters. The van der Waals surface area contributed by atoms with E-state index in [2.05, 4.69) is 29.2 Å². The number of hydrogen-bond acceptors (Lipinski definition) is 5. The van der Waals surface area contributed by atoms with Gasteiger partial charge in [0.1, 0.15) is 5.82 Å². The van der Waals surface area contributed by atoms with Crippen molar-refractivity contribution in [3.05, 3.63) is 83.7 Å². The number of methoxy groups -OCH3 is 1. The van der Waals surface area contributed by atoms with Crippen LogP contribution < -0.4 is 11.5 Å². The first-order valence-corrected chi connectivity index (χ1v) is 12.6. The van der Waals surface area contributed by atoms with E-state index in [9.17, 15) is 14.0 Å². The quantitative estimate of drug-likeness (QED) is 0.465. The second-order valence-electron chi connectivity index (χ2n) is 9.82. The molecule has 196 valence electrons. The number of primary amides is 1. The van der Waals surface area contributed by atoms with Crippen molar-refractivity contribution in [3.8, 4) is 0 Å². The maximum Gasteiger partial charge on any atom is 0.240 e. The SMILES string of the molecule is COCC1CN(C(C(N)=O)C(C)c2ccc3ccccc3c2)CCN1C(=O)C(N)Cc1ccc(F)cc1. The van der Waals surface area contributed by atoms with E-state index in [-0.39, 0.29) is 23.7 Å². The van der Waals surface area contributed by atoms with Gasteiger partial charge in [0.2, 0.25) is 11.8 Å². The van der Waals surface area contributed by atoms with E-state index >= 15 is 0 Å². The van der Waals surface area contributed by atoms with Gasteiger partial charge in [-0.25, -0.2) is 4.39 Å². The number of halogens is 1. The molecule has 1 aliphatic rings. The number of hydrogen-bond donors (Lipinski definition) is 2. The Morgan fingerprint density at radius 3 is 2.43 bits per heavy atom. The Labute approximate surface area is 217 Å². The van der Waals surface area contributed by atoms with Gasteiger partial charge in [0.05, 0.1) is 24.7 Å². The highest BCUT2D eigenvalue weighted by Crippen LogP contribution is 2.28. The lowest BCUT2D eigenvalue weighted by molar-refractivity contribution is -0.141. The number of nitrogens with zero attached hydrogens (tertiary/aromatic N) is 2. The zero-order chi connectivity index (χ0) is 26.5. The van der Waals surface area contributed by atoms with E-state index in [1.54, 1.807) is 24.1 Å². The highest BCUT2D eigenvalue weighted by Gasteiger charge is 2.39. The third kappa shape index (κ3) is 6.15. The second-order valence-corrected chi connectivity index (χ2v) is 9.82. The molecule has 0 radical (unpaired) electrons. The van der Waals surface area contributed by atoms with Gasteiger partial charge in [-0.05, 0) is 40.5 Å². The summed E-state index contributed by atoms with van der Waals surface area (Å²) in [6, 6.07) is 18.7. The minimum atomic E-state index is -0.764. The molecule has 8 heteroatoms. The zero-order valence-electron chi connectivity index (χ0n) is 21.3. The third-order valence-electron chi connectivity index (χ3n) is 7.30. The van der Waals surface area contributed by atoms with E-state index in [1.807, 2.05) is 25.1 Å². The molecule has 4 atom stereocenters. The maximum atomic E-state index is 13.3. The summed E-state index contributed by atoms with van der Waals surface area (Å²) in [4.78, 5) is 29.8. The largest absolute Gasteiger partial charge is 0.382 e. The molecule has 1 heterocycles. The standard InChI is InChI=1S/C29H35FN4O3/c1-19(22-10-9-21-5-3-4-6-23(21)16-22)27(28(32)35)33-13-14-34(25(17-33)18-37-2)29(36)26(31)15-20-7-11-24(30)12-8-20/h3-12,16,19,25-27H,13-15,17-18,31H2,1-2H3,(H2,32,35). The van der Waals surface area contributed by atoms with Gasteiger partial charge in [-0.3, -0.25) is 14.5 Å². The summed E-state index contributed by atoms with van der Waals surface area (Å²) in [5, 5.41) is 2.25. The number of ether oxygens (including phenoxy) is 1. The Morgan fingerprint density at radius 2 is 1.76 bits per heavy atom. The molecular formula is C29H35FN4O3. The molecule has 3 aromatic rings. The van der Waals surface area contributed by atoms with Gasteiger partial charge < -0.3 is 21.1 Å². The number of benzene rings is 3. The predicted molar refractivity (Wildman–Crippen MR) is 142 cm³/mol. The summed E-state index contributed by atoms with van der Waals surface area (Å²) in [5.74, 6) is -1.07. The summed E-state index contributed by atoms with van der Waals surface area (Å²) in [5.41, 5.74) is 14.0. The number of piperazine rings is 1. The average molecular weight is 507 g/mol. The van der Waals surface area contributed by atoms with E-state index in [0.717, 1.165) is 21.9 Å². The number of rotatable bonds is 9. The number of carbonyl (C=O) groups is 2. The number of nitrogens with two attached hydrogens (primary N) is 2. The van der Waals surface area contributed by atoms with Crippen molar-refractivity contribution in [1.29, 1.82) is 0 Å². The molecule has 0 spiro atoms. The summed E-state index contributed by atoms with van der Waals surface area (Å²) < 4.78 is 18.7. The molecule has 2 amide bonds. The van der Waals surface area contributed by atoms with E-state index in [4.69, 9.17) is 16.2 Å². The van der Waals surface area contributed by atoms with Crippen LogP contribution in [0.3, 0.4) is 0 Å². The van der Waals surface area contributed by atoms with Crippen LogP contribution in [0.2, 0.25) is 0 Å². The predicted octanol–water partition coefficient (Wildman–Crippen LogP) is 2.67. The lowest BCUT2D eigenvalue weighted by Gasteiger charge is -2.45. The Bertz CT molecular complexity index is 1240. The van der Waals surface area contributed by atoms with Crippen molar-refractivity contribution in [2.75, 3.05) is 33.4 Å². The molecule has 37 heavy (non-hydrogen) atoms. The monoisotopic (exact) mass is 506 g/mol. The first-order chi connectivity index (χ1) is 17.8. The van der Waals surface area contributed by atoms with Crippen LogP contribution in [0.1, 0.15) is 24.0 Å². The molecule has 0 aromatic heterocycles. The van der Waals surface area contributed by atoms with Gasteiger partial charge in [0.25, 0.3) is 0 Å². The van der Waals surface area contributed by atoms with Crippen molar-refractivity contribution in [2.24, 2.45) is 11.5 Å². The minimum absolute atomic E-state index is 0.145. The first-order valence-electron chi connectivity index (χ1n) is 12.6. The van der Waals surface area contributed by atoms with E-state index in [0.29, 0.717) is 32.7 Å². The Balaban J connectivity index is 1.49. The Hall–Kier alpha value is -3.33. The molecule has 0 aliphatic carbocycles. The fourth-order valence-corrected chi connectivity index (χ4v) is 5.35. The van der Waals surface area contributed by atoms with Crippen LogP contribution in [-0.2, 0) is 20.7 Å². The topological polar surface area (TPSA) is 102 Å². The summed E-state index contributed by atoms with van der Waals surface area (Å²) >= 11 is 0. The molecule has 0 bridgehead atoms. The Morgan fingerprint density at radius 1 is 1.05 bits per heavy atom. The molecule has 4 rings (SSSR count). The molecule has 7 nitrogen and oxygen atoms in total. The normalized spacial score (nSPS) is 18.9. The van der Waals surface area contributed by atoms with Crippen LogP contribution in [0.15, 0.2) is 66.7 Å². The van der Waals surface area contributed by atoms with Crippen LogP contribution >= 0.6 is 0 Å². The minimum Gasteiger partial charge on any atom is -0.382 e. The molecule has 4 N–H and O–H groups in total. The fraction of sp³-hybridized carbons (Fsp3) is 0.379. The van der Waals surface area contributed by atoms with Crippen molar-refractivity contribution in [1.82, 2.24) is 9.80 Å². The van der Waals surface area contributed by atoms with Gasteiger partial charge in [-0.2, -0.15) is 0 Å². The number of amides is 2. The molecule has 1 aliphatic heterocycles. The molecule has 1 fully saturated rings. The van der Waals surface area contributed by atoms with Crippen LogP contribution in [0, 0.1) is 5.82 Å². The van der Waals surface area contributed by atoms with E-state index in [1.165, 1.54) is 12.1 Å². The fourth-order valence-electron chi connectivity index (χ4n) is 5.35. The lowest BCUT2D eigenvalue weighted by Crippen LogP contribution is -2.63. The van der Waals surface area contributed by atoms with Crippen LogP contribution in [0.25, 0.3) is 10.8 Å². The van der Waals surface area contributed by atoms with Crippen molar-refractivity contribution >= 4 is 22.6 Å². The zero-order valence-corrected chi connectivity index (χ0v) is 21.3. The first kappa shape index (κ1) is 26.7. The summed E-state index contributed by atoms with van der Waals surface area (Å²) in [6.07, 6.45) is 0.307. The highest BCUT2D eigenvalue weighted by atomic mass is 19.1. The van der Waals surface area contributed by atoms with Crippen LogP contribution in [-0.4, -0.2) is 73.1 Å². The summed E-state index contributed by atoms with van der Waals surface area (Å²) in [6.45, 7) is 3.65. The molecule has 1 saturated heterocycles. The Kier molecular flexibility index (Phi) is 8.53. The molecular weight excluding hydrogens is 471 g/mol. The van der Waals surface area contributed by atoms with Gasteiger partial charge in [0, 0.05) is 32.7 Å². The molecule has 0 saturated carbocycles. The average Bonchev–Trinajstić information content (AvgIpc) is 2.89.